The van der Waals surface area contributed by atoms with Crippen LogP contribution in [0.3, 0.4) is 0 Å². The van der Waals surface area contributed by atoms with E-state index in [0.29, 0.717) is 17.0 Å². The maximum absolute atomic E-state index is 11.8. The van der Waals surface area contributed by atoms with Crippen LogP contribution in [-0.4, -0.2) is 21.8 Å². The minimum Gasteiger partial charge on any atom is -0.351 e. The van der Waals surface area contributed by atoms with Crippen molar-refractivity contribution in [2.45, 2.75) is 13.8 Å². The fourth-order valence-corrected chi connectivity index (χ4v) is 1.97. The van der Waals surface area contributed by atoms with Crippen molar-refractivity contribution in [2.24, 2.45) is 5.73 Å². The maximum atomic E-state index is 11.8. The van der Waals surface area contributed by atoms with Gasteiger partial charge in [-0.3, -0.25) is 10.1 Å². The molecule has 0 fully saturated rings. The van der Waals surface area contributed by atoms with Gasteiger partial charge in [-0.1, -0.05) is 30.3 Å². The summed E-state index contributed by atoms with van der Waals surface area (Å²) in [5, 5.41) is 2.33. The van der Waals surface area contributed by atoms with Crippen molar-refractivity contribution in [3.63, 3.8) is 0 Å². The lowest BCUT2D eigenvalue weighted by molar-refractivity contribution is 0.101. The van der Waals surface area contributed by atoms with Crippen molar-refractivity contribution in [3.8, 4) is 11.3 Å². The van der Waals surface area contributed by atoms with Gasteiger partial charge in [0, 0.05) is 5.56 Å². The van der Waals surface area contributed by atoms with Gasteiger partial charge in [-0.05, 0) is 13.8 Å². The van der Waals surface area contributed by atoms with Gasteiger partial charge in [0.25, 0.3) is 0 Å². The van der Waals surface area contributed by atoms with Gasteiger partial charge < -0.3 is 5.73 Å². The summed E-state index contributed by atoms with van der Waals surface area (Å²) in [5.41, 5.74) is 7.25. The number of anilines is 1. The van der Waals surface area contributed by atoms with Crippen LogP contribution in [-0.2, 0) is 0 Å². The zero-order valence-corrected chi connectivity index (χ0v) is 11.2. The summed E-state index contributed by atoms with van der Waals surface area (Å²) >= 11 is 0. The zero-order chi connectivity index (χ0) is 14.7. The summed E-state index contributed by atoms with van der Waals surface area (Å²) in [4.78, 5) is 31.0. The average Bonchev–Trinajstić information content (AvgIpc) is 2.37. The quantitative estimate of drug-likeness (QED) is 0.835. The molecule has 2 aromatic rings. The second-order valence-corrected chi connectivity index (χ2v) is 4.27. The monoisotopic (exact) mass is 270 g/mol. The van der Waals surface area contributed by atoms with Crippen LogP contribution < -0.4 is 11.1 Å². The van der Waals surface area contributed by atoms with E-state index in [1.54, 1.807) is 6.92 Å². The molecular weight excluding hydrogens is 256 g/mol. The number of hydrogen-bond donors (Lipinski definition) is 2. The number of Topliss-reactive ketones (excluding diaryl/α,β-unsaturated/α-hetero) is 1. The Balaban J connectivity index is 2.65. The number of aryl methyl sites for hydroxylation is 1. The SMILES string of the molecule is CC(=O)c1c(C)nc(NC(N)=O)nc1-c1ccccc1. The highest BCUT2D eigenvalue weighted by Gasteiger charge is 2.17. The van der Waals surface area contributed by atoms with Crippen molar-refractivity contribution in [1.29, 1.82) is 0 Å². The molecular formula is C14H14N4O2. The van der Waals surface area contributed by atoms with E-state index >= 15 is 0 Å². The first-order valence-corrected chi connectivity index (χ1v) is 6.00. The number of carbonyl (C=O) groups is 2. The maximum Gasteiger partial charge on any atom is 0.319 e. The molecule has 3 N–H and O–H groups in total. The van der Waals surface area contributed by atoms with Gasteiger partial charge in [-0.25, -0.2) is 14.8 Å². The van der Waals surface area contributed by atoms with Gasteiger partial charge in [0.1, 0.15) is 0 Å². The number of rotatable bonds is 3. The molecule has 102 valence electrons. The second-order valence-electron chi connectivity index (χ2n) is 4.27. The first-order valence-electron chi connectivity index (χ1n) is 6.00. The Morgan fingerprint density at radius 3 is 2.35 bits per heavy atom. The van der Waals surface area contributed by atoms with Gasteiger partial charge in [-0.15, -0.1) is 0 Å². The van der Waals surface area contributed by atoms with Crippen LogP contribution in [0.4, 0.5) is 10.7 Å². The fraction of sp³-hybridized carbons (Fsp3) is 0.143. The van der Waals surface area contributed by atoms with Crippen LogP contribution in [0.5, 0.6) is 0 Å². The normalized spacial score (nSPS) is 10.1. The summed E-state index contributed by atoms with van der Waals surface area (Å²) in [7, 11) is 0. The van der Waals surface area contributed by atoms with Gasteiger partial charge in [-0.2, -0.15) is 0 Å². The Hall–Kier alpha value is -2.76. The molecule has 0 aliphatic rings. The molecule has 20 heavy (non-hydrogen) atoms. The lowest BCUT2D eigenvalue weighted by atomic mass is 10.0. The number of aromatic nitrogens is 2. The molecule has 0 bridgehead atoms. The van der Waals surface area contributed by atoms with E-state index in [-0.39, 0.29) is 11.7 Å². The minimum absolute atomic E-state index is 0.0823. The van der Waals surface area contributed by atoms with Crippen molar-refractivity contribution in [2.75, 3.05) is 5.32 Å². The predicted molar refractivity (Wildman–Crippen MR) is 75.4 cm³/mol. The van der Waals surface area contributed by atoms with Gasteiger partial charge in [0.2, 0.25) is 5.95 Å². The van der Waals surface area contributed by atoms with Crippen LogP contribution in [0.1, 0.15) is 23.0 Å². The molecule has 1 heterocycles. The number of urea groups is 1. The molecule has 0 saturated carbocycles. The van der Waals surface area contributed by atoms with E-state index in [9.17, 15) is 9.59 Å². The number of hydrogen-bond acceptors (Lipinski definition) is 4. The predicted octanol–water partition coefficient (Wildman–Crippen LogP) is 2.15. The molecule has 2 rings (SSSR count). The third-order valence-electron chi connectivity index (χ3n) is 2.72. The topological polar surface area (TPSA) is 98.0 Å². The molecule has 2 amide bonds. The summed E-state index contributed by atoms with van der Waals surface area (Å²) in [6, 6.07) is 8.48. The molecule has 0 aliphatic carbocycles. The molecule has 0 spiro atoms. The van der Waals surface area contributed by atoms with Gasteiger partial charge in [0.05, 0.1) is 17.0 Å². The molecule has 0 aliphatic heterocycles. The van der Waals surface area contributed by atoms with Crippen molar-refractivity contribution in [1.82, 2.24) is 9.97 Å². The van der Waals surface area contributed by atoms with Crippen molar-refractivity contribution < 1.29 is 9.59 Å². The number of benzene rings is 1. The third kappa shape index (κ3) is 2.80. The van der Waals surface area contributed by atoms with Crippen LogP contribution in [0.15, 0.2) is 30.3 Å². The first kappa shape index (κ1) is 13.7. The van der Waals surface area contributed by atoms with E-state index in [1.165, 1.54) is 6.92 Å². The number of nitrogens with two attached hydrogens (primary N) is 1. The highest BCUT2D eigenvalue weighted by Crippen LogP contribution is 2.25. The Kier molecular flexibility index (Phi) is 3.74. The number of carbonyl (C=O) groups excluding carboxylic acids is 2. The lowest BCUT2D eigenvalue weighted by Crippen LogP contribution is -2.22. The van der Waals surface area contributed by atoms with Crippen LogP contribution in [0, 0.1) is 6.92 Å². The van der Waals surface area contributed by atoms with Crippen LogP contribution >= 0.6 is 0 Å². The van der Waals surface area contributed by atoms with E-state index in [4.69, 9.17) is 5.73 Å². The molecule has 0 atom stereocenters. The van der Waals surface area contributed by atoms with E-state index in [0.717, 1.165) is 5.56 Å². The summed E-state index contributed by atoms with van der Waals surface area (Å²) in [6.07, 6.45) is 0. The number of primary amides is 1. The zero-order valence-electron chi connectivity index (χ0n) is 11.2. The van der Waals surface area contributed by atoms with Gasteiger partial charge in [0.15, 0.2) is 5.78 Å². The minimum atomic E-state index is -0.751. The van der Waals surface area contributed by atoms with Gasteiger partial charge >= 0.3 is 6.03 Å². The van der Waals surface area contributed by atoms with Crippen LogP contribution in [0.25, 0.3) is 11.3 Å². The number of amides is 2. The molecule has 6 nitrogen and oxygen atoms in total. The Morgan fingerprint density at radius 1 is 1.15 bits per heavy atom. The van der Waals surface area contributed by atoms with E-state index < -0.39 is 6.03 Å². The smallest absolute Gasteiger partial charge is 0.319 e. The molecule has 0 unspecified atom stereocenters. The number of ketones is 1. The molecule has 1 aromatic carbocycles. The largest absolute Gasteiger partial charge is 0.351 e. The highest BCUT2D eigenvalue weighted by atomic mass is 16.2. The summed E-state index contributed by atoms with van der Waals surface area (Å²) in [6.45, 7) is 3.15. The second kappa shape index (κ2) is 5.48. The van der Waals surface area contributed by atoms with E-state index in [2.05, 4.69) is 15.3 Å². The Labute approximate surface area is 116 Å². The summed E-state index contributed by atoms with van der Waals surface area (Å²) in [5.74, 6) is -0.0502. The fourth-order valence-electron chi connectivity index (χ4n) is 1.97. The standard InChI is InChI=1S/C14H14N4O2/c1-8-11(9(2)19)12(10-6-4-3-5-7-10)17-14(16-8)18-13(15)20/h3-7H,1-2H3,(H3,15,16,17,18,20). The molecule has 0 radical (unpaired) electrons. The Morgan fingerprint density at radius 2 is 1.80 bits per heavy atom. The van der Waals surface area contributed by atoms with Crippen molar-refractivity contribution in [3.05, 3.63) is 41.6 Å². The molecule has 1 aromatic heterocycles. The van der Waals surface area contributed by atoms with Crippen molar-refractivity contribution >= 4 is 17.8 Å². The summed E-state index contributed by atoms with van der Waals surface area (Å²) < 4.78 is 0. The average molecular weight is 270 g/mol. The third-order valence-corrected chi connectivity index (χ3v) is 2.72. The number of nitrogens with one attached hydrogen (secondary N) is 1. The number of nitrogens with zero attached hydrogens (tertiary/aromatic N) is 2. The van der Waals surface area contributed by atoms with Crippen LogP contribution in [0.2, 0.25) is 0 Å². The highest BCUT2D eigenvalue weighted by molar-refractivity contribution is 6.01. The molecule has 6 heteroatoms. The van der Waals surface area contributed by atoms with E-state index in [1.807, 2.05) is 30.3 Å². The lowest BCUT2D eigenvalue weighted by Gasteiger charge is -2.11. The Bertz CT molecular complexity index is 668. The first-order chi connectivity index (χ1) is 9.49. The molecule has 0 saturated heterocycles.